The van der Waals surface area contributed by atoms with Crippen molar-refractivity contribution in [1.29, 1.82) is 0 Å². The fraction of sp³-hybridized carbons (Fsp3) is 0.667. The fourth-order valence-corrected chi connectivity index (χ4v) is 9.18. The summed E-state index contributed by atoms with van der Waals surface area (Å²) in [6.07, 6.45) is 3.60. The number of alkyl halides is 3. The van der Waals surface area contributed by atoms with Crippen molar-refractivity contribution in [1.82, 2.24) is 20.1 Å². The number of hydrogen-bond donors (Lipinski definition) is 1. The lowest BCUT2D eigenvalue weighted by atomic mass is 9.71. The van der Waals surface area contributed by atoms with Gasteiger partial charge in [0.15, 0.2) is 0 Å². The van der Waals surface area contributed by atoms with E-state index in [9.17, 15) is 18.0 Å². The van der Waals surface area contributed by atoms with Crippen molar-refractivity contribution in [2.75, 3.05) is 32.7 Å². The van der Waals surface area contributed by atoms with E-state index < -0.39 is 18.1 Å². The number of likely N-dealkylation sites (tertiary alicyclic amines) is 1. The van der Waals surface area contributed by atoms with Gasteiger partial charge < -0.3 is 10.2 Å². The molecule has 3 fully saturated rings. The van der Waals surface area contributed by atoms with Gasteiger partial charge in [-0.3, -0.25) is 9.69 Å². The molecule has 4 unspecified atom stereocenters. The highest BCUT2D eigenvalue weighted by molar-refractivity contribution is 7.11. The summed E-state index contributed by atoms with van der Waals surface area (Å²) in [7, 11) is 0. The Bertz CT molecular complexity index is 1160. The maximum absolute atomic E-state index is 14.6. The average Bonchev–Trinajstić information content (AvgIpc) is 3.51. The van der Waals surface area contributed by atoms with Crippen LogP contribution in [0.25, 0.3) is 0 Å². The van der Waals surface area contributed by atoms with Gasteiger partial charge in [0, 0.05) is 49.1 Å². The number of nitrogens with zero attached hydrogens (tertiary/aromatic N) is 3. The predicted octanol–water partition coefficient (Wildman–Crippen LogP) is 5.64. The standard InChI is InChI=1S/C30H39F3N4OS/c1-20-35-25-16-36(19-30(31,32)33)18-29(27(25)39-20)17-34-15-24(29)28(38)37-13-12-23(21-8-4-2-5-9-21)14-26(37)22-10-6-3-7-11-22/h2,4-5,8-9,22-24,26,34H,3,6-7,10-19H2,1H3. The largest absolute Gasteiger partial charge is 0.401 e. The van der Waals surface area contributed by atoms with E-state index in [1.165, 1.54) is 29.7 Å². The highest BCUT2D eigenvalue weighted by atomic mass is 32.1. The molecule has 3 aliphatic heterocycles. The number of halogens is 3. The Morgan fingerprint density at radius 1 is 1.15 bits per heavy atom. The number of fused-ring (bicyclic) bond motifs is 2. The quantitative estimate of drug-likeness (QED) is 0.526. The summed E-state index contributed by atoms with van der Waals surface area (Å²) in [6.45, 7) is 3.10. The fourth-order valence-electron chi connectivity index (χ4n) is 8.02. The molecule has 1 saturated carbocycles. The van der Waals surface area contributed by atoms with E-state index in [1.807, 2.05) is 6.92 Å². The molecule has 1 amide bonds. The Kier molecular flexibility index (Phi) is 7.52. The van der Waals surface area contributed by atoms with Gasteiger partial charge in [0.25, 0.3) is 0 Å². The molecule has 2 saturated heterocycles. The Balaban J connectivity index is 1.31. The first-order chi connectivity index (χ1) is 18.7. The van der Waals surface area contributed by atoms with Crippen LogP contribution in [0.4, 0.5) is 13.2 Å². The first-order valence-corrected chi connectivity index (χ1v) is 15.4. The van der Waals surface area contributed by atoms with Crippen molar-refractivity contribution in [2.45, 2.75) is 82.0 Å². The van der Waals surface area contributed by atoms with Crippen LogP contribution in [0, 0.1) is 18.8 Å². The van der Waals surface area contributed by atoms with E-state index in [0.717, 1.165) is 41.3 Å². The summed E-state index contributed by atoms with van der Waals surface area (Å²) in [5.41, 5.74) is 1.40. The van der Waals surface area contributed by atoms with Crippen LogP contribution >= 0.6 is 11.3 Å². The maximum Gasteiger partial charge on any atom is 0.401 e. The van der Waals surface area contributed by atoms with Crippen molar-refractivity contribution in [3.05, 3.63) is 51.5 Å². The second-order valence-corrected chi connectivity index (χ2v) is 13.4. The Hall–Kier alpha value is -1.97. The van der Waals surface area contributed by atoms with Gasteiger partial charge in [-0.2, -0.15) is 13.2 Å². The molecule has 212 valence electrons. The molecule has 39 heavy (non-hydrogen) atoms. The second-order valence-electron chi connectivity index (χ2n) is 12.2. The van der Waals surface area contributed by atoms with Crippen LogP contribution in [0.5, 0.6) is 0 Å². The van der Waals surface area contributed by atoms with Gasteiger partial charge in [0.1, 0.15) is 0 Å². The minimum absolute atomic E-state index is 0.132. The Morgan fingerprint density at radius 3 is 2.67 bits per heavy atom. The molecule has 5 nitrogen and oxygen atoms in total. The number of amides is 1. The molecule has 6 rings (SSSR count). The van der Waals surface area contributed by atoms with Crippen LogP contribution in [0.15, 0.2) is 30.3 Å². The number of thiazole rings is 1. The van der Waals surface area contributed by atoms with Gasteiger partial charge in [-0.05, 0) is 50.0 Å². The van der Waals surface area contributed by atoms with Gasteiger partial charge >= 0.3 is 6.18 Å². The number of carbonyl (C=O) groups excluding carboxylic acids is 1. The molecule has 4 aliphatic rings. The van der Waals surface area contributed by atoms with E-state index >= 15 is 0 Å². The lowest BCUT2D eigenvalue weighted by molar-refractivity contribution is -0.152. The second kappa shape index (κ2) is 10.8. The zero-order valence-corrected chi connectivity index (χ0v) is 23.5. The SMILES string of the molecule is Cc1nc2c(s1)C1(CNCC1C(=O)N1CCC(c3ccccc3)CC1C1CCCCC1)CN(CC(F)(F)F)C2. The number of piperidine rings is 1. The Morgan fingerprint density at radius 2 is 1.92 bits per heavy atom. The lowest BCUT2D eigenvalue weighted by Gasteiger charge is -2.48. The summed E-state index contributed by atoms with van der Waals surface area (Å²) in [5.74, 6) is 0.679. The van der Waals surface area contributed by atoms with Crippen LogP contribution in [-0.4, -0.2) is 65.6 Å². The van der Waals surface area contributed by atoms with Crippen LogP contribution in [0.2, 0.25) is 0 Å². The molecule has 0 radical (unpaired) electrons. The number of rotatable bonds is 4. The lowest BCUT2D eigenvalue weighted by Crippen LogP contribution is -2.58. The van der Waals surface area contributed by atoms with Crippen LogP contribution in [0.3, 0.4) is 0 Å². The third-order valence-corrected chi connectivity index (χ3v) is 10.9. The van der Waals surface area contributed by atoms with Gasteiger partial charge in [0.2, 0.25) is 5.91 Å². The third-order valence-electron chi connectivity index (χ3n) is 9.69. The molecule has 1 spiro atoms. The van der Waals surface area contributed by atoms with E-state index in [1.54, 1.807) is 11.3 Å². The van der Waals surface area contributed by atoms with E-state index in [-0.39, 0.29) is 31.0 Å². The van der Waals surface area contributed by atoms with E-state index in [2.05, 4.69) is 45.5 Å². The third kappa shape index (κ3) is 5.38. The van der Waals surface area contributed by atoms with Crippen LogP contribution in [0.1, 0.15) is 72.0 Å². The molecule has 1 N–H and O–H groups in total. The van der Waals surface area contributed by atoms with Gasteiger partial charge in [-0.15, -0.1) is 11.3 Å². The topological polar surface area (TPSA) is 48.5 Å². The van der Waals surface area contributed by atoms with Crippen molar-refractivity contribution >= 4 is 17.2 Å². The van der Waals surface area contributed by atoms with Gasteiger partial charge in [-0.1, -0.05) is 49.6 Å². The summed E-state index contributed by atoms with van der Waals surface area (Å²) in [5, 5.41) is 4.30. The summed E-state index contributed by atoms with van der Waals surface area (Å²) < 4.78 is 40.6. The number of aromatic nitrogens is 1. The predicted molar refractivity (Wildman–Crippen MR) is 147 cm³/mol. The minimum Gasteiger partial charge on any atom is -0.339 e. The first kappa shape index (κ1) is 27.2. The Labute approximate surface area is 233 Å². The van der Waals surface area contributed by atoms with Crippen LogP contribution < -0.4 is 5.32 Å². The van der Waals surface area contributed by atoms with Crippen molar-refractivity contribution < 1.29 is 18.0 Å². The molecular weight excluding hydrogens is 521 g/mol. The molecule has 4 heterocycles. The summed E-state index contributed by atoms with van der Waals surface area (Å²) >= 11 is 1.57. The smallest absolute Gasteiger partial charge is 0.339 e. The number of carbonyl (C=O) groups is 1. The summed E-state index contributed by atoms with van der Waals surface area (Å²) in [6, 6.07) is 10.9. The number of benzene rings is 1. The normalized spacial score (nSPS) is 30.6. The molecule has 1 aliphatic carbocycles. The monoisotopic (exact) mass is 560 g/mol. The molecule has 1 aromatic heterocycles. The molecule has 1 aromatic carbocycles. The molecule has 2 aromatic rings. The van der Waals surface area contributed by atoms with Gasteiger partial charge in [0.05, 0.1) is 23.2 Å². The van der Waals surface area contributed by atoms with Crippen molar-refractivity contribution in [2.24, 2.45) is 11.8 Å². The number of hydrogen-bond acceptors (Lipinski definition) is 5. The van der Waals surface area contributed by atoms with E-state index in [0.29, 0.717) is 31.5 Å². The zero-order chi connectivity index (χ0) is 27.2. The summed E-state index contributed by atoms with van der Waals surface area (Å²) in [4.78, 5) is 23.9. The average molecular weight is 561 g/mol. The minimum atomic E-state index is -4.29. The molecule has 4 atom stereocenters. The van der Waals surface area contributed by atoms with Crippen molar-refractivity contribution in [3.63, 3.8) is 0 Å². The first-order valence-electron chi connectivity index (χ1n) is 14.6. The maximum atomic E-state index is 14.6. The van der Waals surface area contributed by atoms with E-state index in [4.69, 9.17) is 0 Å². The van der Waals surface area contributed by atoms with Crippen LogP contribution in [-0.2, 0) is 16.8 Å². The van der Waals surface area contributed by atoms with Crippen molar-refractivity contribution in [3.8, 4) is 0 Å². The highest BCUT2D eigenvalue weighted by Crippen LogP contribution is 2.47. The highest BCUT2D eigenvalue weighted by Gasteiger charge is 2.56. The zero-order valence-electron chi connectivity index (χ0n) is 22.7. The number of aryl methyl sites for hydroxylation is 1. The molecule has 0 bridgehead atoms. The molecule has 9 heteroatoms. The van der Waals surface area contributed by atoms with Gasteiger partial charge in [-0.25, -0.2) is 4.98 Å². The number of nitrogens with one attached hydrogen (secondary N) is 1. The molecular formula is C30H39F3N4OS.